The molecule has 0 bridgehead atoms. The molecule has 1 aromatic heterocycles. The van der Waals surface area contributed by atoms with Gasteiger partial charge < -0.3 is 19.5 Å². The van der Waals surface area contributed by atoms with E-state index in [0.29, 0.717) is 31.3 Å². The number of benzene rings is 2. The number of nitrogens with one attached hydrogen (secondary N) is 1. The van der Waals surface area contributed by atoms with E-state index in [9.17, 15) is 4.79 Å². The average molecular weight is 407 g/mol. The summed E-state index contributed by atoms with van der Waals surface area (Å²) in [6.45, 7) is 5.42. The number of amides is 2. The quantitative estimate of drug-likeness (QED) is 0.698. The number of aryl methyl sites for hydroxylation is 1. The molecule has 1 saturated heterocycles. The summed E-state index contributed by atoms with van der Waals surface area (Å²) in [6.07, 6.45) is 0. The molecule has 0 radical (unpaired) electrons. The molecule has 2 amide bonds. The monoisotopic (exact) mass is 407 g/mol. The average Bonchev–Trinajstić information content (AvgIpc) is 3.23. The predicted molar refractivity (Wildman–Crippen MR) is 113 cm³/mol. The number of hydrogen-bond donors (Lipinski definition) is 1. The second-order valence-electron chi connectivity index (χ2n) is 7.31. The Balaban J connectivity index is 1.28. The molecule has 0 saturated carbocycles. The van der Waals surface area contributed by atoms with Crippen LogP contribution >= 0.6 is 0 Å². The Kier molecular flexibility index (Phi) is 5.94. The fourth-order valence-corrected chi connectivity index (χ4v) is 3.40. The Morgan fingerprint density at radius 3 is 2.60 bits per heavy atom. The van der Waals surface area contributed by atoms with Gasteiger partial charge in [-0.25, -0.2) is 4.79 Å². The topological polar surface area (TPSA) is 83.7 Å². The molecule has 1 aliphatic heterocycles. The number of carbonyl (C=O) groups is 1. The number of anilines is 1. The molecule has 1 fully saturated rings. The van der Waals surface area contributed by atoms with Crippen LogP contribution in [-0.2, 0) is 6.54 Å². The SMILES string of the molecule is COc1ccc(-c2nc(CN3CCN(C(=O)Nc4cccc(C)c4)CC3)no2)cc1. The molecule has 3 aromatic rings. The molecular weight excluding hydrogens is 382 g/mol. The van der Waals surface area contributed by atoms with Crippen LogP contribution in [0.4, 0.5) is 10.5 Å². The molecule has 4 rings (SSSR count). The van der Waals surface area contributed by atoms with Crippen LogP contribution in [0.15, 0.2) is 53.1 Å². The zero-order chi connectivity index (χ0) is 20.9. The fraction of sp³-hybridized carbons (Fsp3) is 0.318. The van der Waals surface area contributed by atoms with E-state index >= 15 is 0 Å². The first-order valence-electron chi connectivity index (χ1n) is 9.93. The van der Waals surface area contributed by atoms with Gasteiger partial charge in [0.15, 0.2) is 5.82 Å². The third-order valence-corrected chi connectivity index (χ3v) is 5.10. The van der Waals surface area contributed by atoms with Gasteiger partial charge in [-0.3, -0.25) is 4.90 Å². The number of carbonyl (C=O) groups excluding carboxylic acids is 1. The maximum absolute atomic E-state index is 12.5. The van der Waals surface area contributed by atoms with Gasteiger partial charge in [-0.2, -0.15) is 4.98 Å². The van der Waals surface area contributed by atoms with Crippen LogP contribution in [0.3, 0.4) is 0 Å². The van der Waals surface area contributed by atoms with Gasteiger partial charge in [-0.05, 0) is 48.9 Å². The Labute approximate surface area is 175 Å². The van der Waals surface area contributed by atoms with Crippen LogP contribution in [0.5, 0.6) is 5.75 Å². The molecule has 0 unspecified atom stereocenters. The third kappa shape index (κ3) is 4.77. The first-order valence-corrected chi connectivity index (χ1v) is 9.93. The smallest absolute Gasteiger partial charge is 0.321 e. The van der Waals surface area contributed by atoms with Gasteiger partial charge in [-0.1, -0.05) is 17.3 Å². The van der Waals surface area contributed by atoms with Gasteiger partial charge in [-0.15, -0.1) is 0 Å². The molecule has 1 aliphatic rings. The molecule has 30 heavy (non-hydrogen) atoms. The minimum Gasteiger partial charge on any atom is -0.497 e. The minimum atomic E-state index is -0.0680. The summed E-state index contributed by atoms with van der Waals surface area (Å²) < 4.78 is 10.6. The molecule has 8 heteroatoms. The molecule has 8 nitrogen and oxygen atoms in total. The zero-order valence-electron chi connectivity index (χ0n) is 17.2. The van der Waals surface area contributed by atoms with E-state index in [1.165, 1.54) is 0 Å². The standard InChI is InChI=1S/C22H25N5O3/c1-16-4-3-5-18(14-16)23-22(28)27-12-10-26(11-13-27)15-20-24-21(30-25-20)17-6-8-19(29-2)9-7-17/h3-9,14H,10-13,15H2,1-2H3,(H,23,28). The van der Waals surface area contributed by atoms with Crippen molar-refractivity contribution < 1.29 is 14.1 Å². The molecular formula is C22H25N5O3. The van der Waals surface area contributed by atoms with E-state index in [1.54, 1.807) is 7.11 Å². The van der Waals surface area contributed by atoms with Crippen molar-refractivity contribution in [3.05, 3.63) is 59.9 Å². The second-order valence-corrected chi connectivity index (χ2v) is 7.31. The number of urea groups is 1. The summed E-state index contributed by atoms with van der Waals surface area (Å²) in [5, 5.41) is 7.06. The molecule has 0 atom stereocenters. The van der Waals surface area contributed by atoms with E-state index in [1.807, 2.05) is 60.4 Å². The molecule has 0 aliphatic carbocycles. The highest BCUT2D eigenvalue weighted by atomic mass is 16.5. The van der Waals surface area contributed by atoms with Crippen LogP contribution in [-0.4, -0.2) is 59.3 Å². The van der Waals surface area contributed by atoms with Crippen LogP contribution in [0.2, 0.25) is 0 Å². The highest BCUT2D eigenvalue weighted by molar-refractivity contribution is 5.89. The summed E-state index contributed by atoms with van der Waals surface area (Å²) in [7, 11) is 1.63. The zero-order valence-corrected chi connectivity index (χ0v) is 17.2. The highest BCUT2D eigenvalue weighted by Crippen LogP contribution is 2.21. The Hall–Kier alpha value is -3.39. The number of ether oxygens (including phenoxy) is 1. The molecule has 1 N–H and O–H groups in total. The fourth-order valence-electron chi connectivity index (χ4n) is 3.40. The van der Waals surface area contributed by atoms with E-state index in [4.69, 9.17) is 9.26 Å². The van der Waals surface area contributed by atoms with Crippen molar-refractivity contribution in [2.24, 2.45) is 0 Å². The Morgan fingerprint density at radius 1 is 1.13 bits per heavy atom. The lowest BCUT2D eigenvalue weighted by molar-refractivity contribution is 0.140. The lowest BCUT2D eigenvalue weighted by atomic mass is 10.2. The number of nitrogens with zero attached hydrogens (tertiary/aromatic N) is 4. The predicted octanol–water partition coefficient (Wildman–Crippen LogP) is 3.40. The summed E-state index contributed by atoms with van der Waals surface area (Å²) in [6, 6.07) is 15.2. The normalized spacial score (nSPS) is 14.5. The first-order chi connectivity index (χ1) is 14.6. The number of hydrogen-bond acceptors (Lipinski definition) is 6. The Bertz CT molecular complexity index is 994. The van der Waals surface area contributed by atoms with E-state index in [2.05, 4.69) is 20.4 Å². The lowest BCUT2D eigenvalue weighted by Gasteiger charge is -2.34. The number of rotatable bonds is 5. The lowest BCUT2D eigenvalue weighted by Crippen LogP contribution is -2.49. The third-order valence-electron chi connectivity index (χ3n) is 5.10. The van der Waals surface area contributed by atoms with E-state index in [0.717, 1.165) is 35.7 Å². The van der Waals surface area contributed by atoms with Crippen molar-refractivity contribution in [1.82, 2.24) is 19.9 Å². The van der Waals surface area contributed by atoms with Crippen molar-refractivity contribution >= 4 is 11.7 Å². The van der Waals surface area contributed by atoms with Crippen molar-refractivity contribution in [2.75, 3.05) is 38.6 Å². The van der Waals surface area contributed by atoms with Gasteiger partial charge in [0.1, 0.15) is 5.75 Å². The molecule has 156 valence electrons. The Morgan fingerprint density at radius 2 is 1.90 bits per heavy atom. The van der Waals surface area contributed by atoms with Crippen molar-refractivity contribution in [3.8, 4) is 17.2 Å². The van der Waals surface area contributed by atoms with Gasteiger partial charge in [0.2, 0.25) is 0 Å². The number of methoxy groups -OCH3 is 1. The van der Waals surface area contributed by atoms with Crippen LogP contribution in [0, 0.1) is 6.92 Å². The van der Waals surface area contributed by atoms with Crippen LogP contribution in [0.25, 0.3) is 11.5 Å². The van der Waals surface area contributed by atoms with Gasteiger partial charge in [0, 0.05) is 37.4 Å². The summed E-state index contributed by atoms with van der Waals surface area (Å²) in [5.41, 5.74) is 2.79. The maximum Gasteiger partial charge on any atom is 0.321 e. The van der Waals surface area contributed by atoms with Gasteiger partial charge in [0.25, 0.3) is 5.89 Å². The van der Waals surface area contributed by atoms with E-state index < -0.39 is 0 Å². The number of piperazine rings is 1. The van der Waals surface area contributed by atoms with E-state index in [-0.39, 0.29) is 6.03 Å². The molecule has 2 aromatic carbocycles. The van der Waals surface area contributed by atoms with Crippen molar-refractivity contribution in [1.29, 1.82) is 0 Å². The number of aromatic nitrogens is 2. The highest BCUT2D eigenvalue weighted by Gasteiger charge is 2.22. The molecule has 0 spiro atoms. The summed E-state index contributed by atoms with van der Waals surface area (Å²) in [5.74, 6) is 1.91. The minimum absolute atomic E-state index is 0.0680. The van der Waals surface area contributed by atoms with Crippen LogP contribution < -0.4 is 10.1 Å². The van der Waals surface area contributed by atoms with Gasteiger partial charge >= 0.3 is 6.03 Å². The first kappa shape index (κ1) is 19.9. The van der Waals surface area contributed by atoms with Crippen molar-refractivity contribution in [2.45, 2.75) is 13.5 Å². The summed E-state index contributed by atoms with van der Waals surface area (Å²) >= 11 is 0. The van der Waals surface area contributed by atoms with Crippen molar-refractivity contribution in [3.63, 3.8) is 0 Å². The summed E-state index contributed by atoms with van der Waals surface area (Å²) in [4.78, 5) is 21.0. The second kappa shape index (κ2) is 8.96. The molecule has 2 heterocycles. The van der Waals surface area contributed by atoms with Crippen LogP contribution in [0.1, 0.15) is 11.4 Å². The maximum atomic E-state index is 12.5. The van der Waals surface area contributed by atoms with Gasteiger partial charge in [0.05, 0.1) is 13.7 Å². The largest absolute Gasteiger partial charge is 0.497 e.